The highest BCUT2D eigenvalue weighted by Gasteiger charge is 2.23. The number of aromatic nitrogens is 2. The summed E-state index contributed by atoms with van der Waals surface area (Å²) in [6.45, 7) is 1.44. The van der Waals surface area contributed by atoms with Crippen LogP contribution in [0.2, 0.25) is 0 Å². The Bertz CT molecular complexity index is 1170. The van der Waals surface area contributed by atoms with Crippen LogP contribution in [0.4, 0.5) is 22.0 Å². The minimum Gasteiger partial charge on any atom is -0.233 e. The number of benzene rings is 2. The van der Waals surface area contributed by atoms with E-state index < -0.39 is 49.9 Å². The lowest BCUT2D eigenvalue weighted by molar-refractivity contribution is 0.145. The maximum atomic E-state index is 14.6. The smallest absolute Gasteiger partial charge is 0.233 e. The van der Waals surface area contributed by atoms with Crippen LogP contribution in [-0.2, 0) is 9.84 Å². The molecule has 3 rings (SSSR count). The van der Waals surface area contributed by atoms with Crippen molar-refractivity contribution in [3.05, 3.63) is 65.1 Å². The van der Waals surface area contributed by atoms with Crippen molar-refractivity contribution in [2.75, 3.05) is 6.26 Å². The van der Waals surface area contributed by atoms with Crippen LogP contribution in [0.15, 0.2) is 41.3 Å². The molecule has 0 spiro atoms. The maximum absolute atomic E-state index is 14.6. The van der Waals surface area contributed by atoms with E-state index in [1.165, 1.54) is 19.1 Å². The van der Waals surface area contributed by atoms with Gasteiger partial charge in [0.15, 0.2) is 9.84 Å². The lowest BCUT2D eigenvalue weighted by atomic mass is 10.1. The molecular formula is C18H13F5N2O2S. The van der Waals surface area contributed by atoms with Gasteiger partial charge in [-0.2, -0.15) is 5.10 Å². The molecule has 148 valence electrons. The fourth-order valence-electron chi connectivity index (χ4n) is 2.66. The van der Waals surface area contributed by atoms with E-state index in [0.717, 1.165) is 16.8 Å². The first-order chi connectivity index (χ1) is 13.0. The van der Waals surface area contributed by atoms with Crippen LogP contribution in [0.1, 0.15) is 17.7 Å². The maximum Gasteiger partial charge on any atom is 0.282 e. The summed E-state index contributed by atoms with van der Waals surface area (Å²) in [5, 5.41) is 3.71. The minimum absolute atomic E-state index is 0.146. The minimum atomic E-state index is -4.03. The molecule has 2 aromatic carbocycles. The standard InChI is InChI=1S/C18H13F5N2O2S/c1-9-5-10(3-4-12(9)19)25-16(8-15(24-25)18(22)23)11-6-14(21)17(7-13(11)20)28(2,26)27/h3-8,18H,1-2H3. The molecule has 4 nitrogen and oxygen atoms in total. The Kier molecular flexibility index (Phi) is 5.00. The van der Waals surface area contributed by atoms with E-state index in [1.54, 1.807) is 0 Å². The van der Waals surface area contributed by atoms with Gasteiger partial charge in [0, 0.05) is 11.8 Å². The molecule has 0 amide bonds. The molecule has 0 aliphatic carbocycles. The molecule has 0 atom stereocenters. The second-order valence-electron chi connectivity index (χ2n) is 6.14. The van der Waals surface area contributed by atoms with Gasteiger partial charge in [-0.25, -0.2) is 35.1 Å². The van der Waals surface area contributed by atoms with Gasteiger partial charge >= 0.3 is 0 Å². The van der Waals surface area contributed by atoms with Crippen LogP contribution in [0, 0.1) is 24.4 Å². The van der Waals surface area contributed by atoms with Crippen molar-refractivity contribution in [3.8, 4) is 16.9 Å². The Morgan fingerprint density at radius 3 is 2.21 bits per heavy atom. The lowest BCUT2D eigenvalue weighted by Gasteiger charge is -2.11. The highest BCUT2D eigenvalue weighted by Crippen LogP contribution is 2.32. The molecule has 1 aromatic heterocycles. The Morgan fingerprint density at radius 2 is 1.64 bits per heavy atom. The summed E-state index contributed by atoms with van der Waals surface area (Å²) in [6.07, 6.45) is -2.28. The van der Waals surface area contributed by atoms with Crippen molar-refractivity contribution in [1.29, 1.82) is 0 Å². The van der Waals surface area contributed by atoms with Gasteiger partial charge in [0.2, 0.25) is 0 Å². The van der Waals surface area contributed by atoms with Crippen molar-refractivity contribution in [3.63, 3.8) is 0 Å². The molecule has 0 unspecified atom stereocenters. The van der Waals surface area contributed by atoms with Crippen molar-refractivity contribution < 1.29 is 30.4 Å². The van der Waals surface area contributed by atoms with Crippen LogP contribution >= 0.6 is 0 Å². The van der Waals surface area contributed by atoms with Crippen LogP contribution in [0.25, 0.3) is 16.9 Å². The molecule has 0 bridgehead atoms. The quantitative estimate of drug-likeness (QED) is 0.584. The molecule has 0 aliphatic heterocycles. The summed E-state index contributed by atoms with van der Waals surface area (Å²) in [5.74, 6) is -2.91. The molecule has 1 heterocycles. The summed E-state index contributed by atoms with van der Waals surface area (Å²) < 4.78 is 92.7. The van der Waals surface area contributed by atoms with E-state index in [9.17, 15) is 30.4 Å². The molecule has 0 saturated heterocycles. The largest absolute Gasteiger partial charge is 0.282 e. The molecule has 0 fully saturated rings. The number of hydrogen-bond acceptors (Lipinski definition) is 3. The highest BCUT2D eigenvalue weighted by molar-refractivity contribution is 7.90. The first-order valence-electron chi connectivity index (χ1n) is 7.83. The van der Waals surface area contributed by atoms with Crippen LogP contribution < -0.4 is 0 Å². The van der Waals surface area contributed by atoms with Crippen LogP contribution in [-0.4, -0.2) is 24.5 Å². The molecule has 10 heteroatoms. The zero-order valence-corrected chi connectivity index (χ0v) is 15.4. The Morgan fingerprint density at radius 1 is 0.964 bits per heavy atom. The van der Waals surface area contributed by atoms with Crippen LogP contribution in [0.3, 0.4) is 0 Å². The monoisotopic (exact) mass is 416 g/mol. The van der Waals surface area contributed by atoms with Gasteiger partial charge < -0.3 is 0 Å². The third-order valence-electron chi connectivity index (χ3n) is 4.03. The van der Waals surface area contributed by atoms with Gasteiger partial charge in [-0.05, 0) is 48.9 Å². The number of halogens is 5. The summed E-state index contributed by atoms with van der Waals surface area (Å²) in [6, 6.07) is 5.58. The zero-order chi connectivity index (χ0) is 20.8. The van der Waals surface area contributed by atoms with Crippen molar-refractivity contribution in [2.45, 2.75) is 18.2 Å². The SMILES string of the molecule is Cc1cc(-n2nc(C(F)F)cc2-c2cc(F)c(S(C)(=O)=O)cc2F)ccc1F. The average molecular weight is 416 g/mol. The van der Waals surface area contributed by atoms with E-state index in [-0.39, 0.29) is 16.9 Å². The van der Waals surface area contributed by atoms with E-state index in [1.807, 2.05) is 0 Å². The fraction of sp³-hybridized carbons (Fsp3) is 0.167. The highest BCUT2D eigenvalue weighted by atomic mass is 32.2. The second-order valence-corrected chi connectivity index (χ2v) is 8.12. The van der Waals surface area contributed by atoms with Gasteiger partial charge in [0.1, 0.15) is 28.0 Å². The second kappa shape index (κ2) is 7.01. The van der Waals surface area contributed by atoms with Gasteiger partial charge in [0.25, 0.3) is 6.43 Å². The first kappa shape index (κ1) is 20.0. The topological polar surface area (TPSA) is 52.0 Å². The molecule has 0 N–H and O–H groups in total. The Hall–Kier alpha value is -2.75. The number of alkyl halides is 2. The number of rotatable bonds is 4. The van der Waals surface area contributed by atoms with E-state index in [0.29, 0.717) is 18.4 Å². The molecule has 3 aromatic rings. The van der Waals surface area contributed by atoms with Crippen molar-refractivity contribution >= 4 is 9.84 Å². The predicted octanol–water partition coefficient (Wildman–Crippen LogP) is 4.61. The summed E-state index contributed by atoms with van der Waals surface area (Å²) in [4.78, 5) is -0.855. The molecule has 28 heavy (non-hydrogen) atoms. The summed E-state index contributed by atoms with van der Waals surface area (Å²) >= 11 is 0. The molecule has 0 radical (unpaired) electrons. The van der Waals surface area contributed by atoms with E-state index in [2.05, 4.69) is 5.10 Å². The number of nitrogens with zero attached hydrogens (tertiary/aromatic N) is 2. The fourth-order valence-corrected chi connectivity index (χ4v) is 3.40. The van der Waals surface area contributed by atoms with Gasteiger partial charge in [-0.15, -0.1) is 0 Å². The van der Waals surface area contributed by atoms with Crippen LogP contribution in [0.5, 0.6) is 0 Å². The molecule has 0 aliphatic rings. The van der Waals surface area contributed by atoms with Gasteiger partial charge in [-0.1, -0.05) is 0 Å². The number of hydrogen-bond donors (Lipinski definition) is 0. The van der Waals surface area contributed by atoms with Gasteiger partial charge in [-0.3, -0.25) is 0 Å². The molecular weight excluding hydrogens is 403 g/mol. The molecule has 0 saturated carbocycles. The number of aryl methyl sites for hydroxylation is 1. The summed E-state index contributed by atoms with van der Waals surface area (Å²) in [5.41, 5.74) is -1.07. The lowest BCUT2D eigenvalue weighted by Crippen LogP contribution is -2.05. The zero-order valence-electron chi connectivity index (χ0n) is 14.6. The predicted molar refractivity (Wildman–Crippen MR) is 91.7 cm³/mol. The average Bonchev–Trinajstić information content (AvgIpc) is 3.03. The Labute approximate surface area is 157 Å². The Balaban J connectivity index is 2.27. The van der Waals surface area contributed by atoms with E-state index in [4.69, 9.17) is 0 Å². The first-order valence-corrected chi connectivity index (χ1v) is 9.72. The van der Waals surface area contributed by atoms with Crippen molar-refractivity contribution in [2.24, 2.45) is 0 Å². The number of sulfone groups is 1. The third-order valence-corrected chi connectivity index (χ3v) is 5.15. The van der Waals surface area contributed by atoms with Gasteiger partial charge in [0.05, 0.1) is 11.4 Å². The normalized spacial score (nSPS) is 12.0. The summed E-state index contributed by atoms with van der Waals surface area (Å²) in [7, 11) is -4.03. The third kappa shape index (κ3) is 3.64. The van der Waals surface area contributed by atoms with E-state index >= 15 is 0 Å². The van der Waals surface area contributed by atoms with Crippen molar-refractivity contribution in [1.82, 2.24) is 9.78 Å².